The molecule has 0 aliphatic carbocycles. The summed E-state index contributed by atoms with van der Waals surface area (Å²) in [7, 11) is 1.62. The highest BCUT2D eigenvalue weighted by Crippen LogP contribution is 2.27. The smallest absolute Gasteiger partial charge is 0.273 e. The van der Waals surface area contributed by atoms with Crippen LogP contribution in [0, 0.1) is 0 Å². The van der Waals surface area contributed by atoms with Crippen molar-refractivity contribution < 1.29 is 19.4 Å². The highest BCUT2D eigenvalue weighted by Gasteiger charge is 2.22. The third-order valence-electron chi connectivity index (χ3n) is 4.92. The number of aliphatic hydroxyl groups excluding tert-OH is 1. The number of nitrogens with zero attached hydrogens (tertiary/aromatic N) is 3. The van der Waals surface area contributed by atoms with E-state index < -0.39 is 0 Å². The first-order chi connectivity index (χ1) is 14.6. The van der Waals surface area contributed by atoms with Gasteiger partial charge in [-0.2, -0.15) is 0 Å². The number of amides is 2. The molecular weight excluding hydrogens is 384 g/mol. The van der Waals surface area contributed by atoms with Crippen LogP contribution >= 0.6 is 0 Å². The van der Waals surface area contributed by atoms with Crippen LogP contribution in [0.3, 0.4) is 0 Å². The van der Waals surface area contributed by atoms with Crippen LogP contribution in [-0.2, 0) is 4.79 Å². The average Bonchev–Trinajstić information content (AvgIpc) is 2.75. The fourth-order valence-corrected chi connectivity index (χ4v) is 3.19. The van der Waals surface area contributed by atoms with Gasteiger partial charge in [-0.05, 0) is 43.5 Å². The van der Waals surface area contributed by atoms with Gasteiger partial charge in [0.15, 0.2) is 0 Å². The summed E-state index contributed by atoms with van der Waals surface area (Å²) in [5, 5.41) is 12.3. The van der Waals surface area contributed by atoms with Gasteiger partial charge in [0.25, 0.3) is 5.91 Å². The molecule has 2 amide bonds. The summed E-state index contributed by atoms with van der Waals surface area (Å²) in [4.78, 5) is 33.0. The van der Waals surface area contributed by atoms with Crippen LogP contribution in [0.2, 0.25) is 0 Å². The number of para-hydroxylation sites is 2. The van der Waals surface area contributed by atoms with Crippen LogP contribution in [0.1, 0.15) is 29.8 Å². The predicted octanol–water partition coefficient (Wildman–Crippen LogP) is 2.28. The Kier molecular flexibility index (Phi) is 7.62. The Labute approximate surface area is 176 Å². The SMILES string of the molecule is CN(CCO)C(=O)CN1CCCCCOc2ccccc2Nc2cccc(n2)C1=O. The molecule has 30 heavy (non-hydrogen) atoms. The summed E-state index contributed by atoms with van der Waals surface area (Å²) in [5.41, 5.74) is 1.05. The number of carbonyl (C=O) groups is 2. The standard InChI is InChI=1S/C22H28N4O4/c1-25(13-14-27)21(28)16-26-12-5-2-6-15-30-19-10-4-3-8-17(19)23-20-11-7-9-18(24-20)22(26)29/h3-4,7-11,27H,2,5-6,12-16H2,1H3,(H,23,24). The first kappa shape index (κ1) is 21.6. The first-order valence-corrected chi connectivity index (χ1v) is 10.2. The molecule has 2 heterocycles. The zero-order valence-electron chi connectivity index (χ0n) is 17.2. The van der Waals surface area contributed by atoms with Crippen molar-refractivity contribution in [2.45, 2.75) is 19.3 Å². The van der Waals surface area contributed by atoms with Crippen LogP contribution in [-0.4, -0.2) is 71.6 Å². The number of aliphatic hydroxyl groups is 1. The van der Waals surface area contributed by atoms with Crippen molar-refractivity contribution in [2.75, 3.05) is 45.2 Å². The number of pyridine rings is 1. The van der Waals surface area contributed by atoms with Crippen LogP contribution in [0.5, 0.6) is 5.75 Å². The number of benzene rings is 1. The maximum absolute atomic E-state index is 13.1. The molecule has 1 aromatic carbocycles. The molecular formula is C22H28N4O4. The van der Waals surface area contributed by atoms with Crippen molar-refractivity contribution in [3.05, 3.63) is 48.2 Å². The second kappa shape index (κ2) is 10.6. The number of likely N-dealkylation sites (N-methyl/N-ethyl adjacent to an activating group) is 1. The van der Waals surface area contributed by atoms with Crippen molar-refractivity contribution in [3.63, 3.8) is 0 Å². The predicted molar refractivity (Wildman–Crippen MR) is 114 cm³/mol. The van der Waals surface area contributed by atoms with E-state index in [9.17, 15) is 9.59 Å². The number of anilines is 2. The van der Waals surface area contributed by atoms with Crippen molar-refractivity contribution >= 4 is 23.3 Å². The van der Waals surface area contributed by atoms with Crippen LogP contribution < -0.4 is 10.1 Å². The number of fused-ring (bicyclic) bond motifs is 3. The Hall–Kier alpha value is -3.13. The van der Waals surface area contributed by atoms with E-state index in [0.29, 0.717) is 19.0 Å². The topological polar surface area (TPSA) is 95.0 Å². The summed E-state index contributed by atoms with van der Waals surface area (Å²) >= 11 is 0. The maximum Gasteiger partial charge on any atom is 0.273 e. The maximum atomic E-state index is 13.1. The van der Waals surface area contributed by atoms with Gasteiger partial charge in [-0.15, -0.1) is 0 Å². The van der Waals surface area contributed by atoms with E-state index in [2.05, 4.69) is 10.3 Å². The minimum absolute atomic E-state index is 0.0476. The summed E-state index contributed by atoms with van der Waals surface area (Å²) < 4.78 is 5.92. The third-order valence-corrected chi connectivity index (χ3v) is 4.92. The van der Waals surface area contributed by atoms with E-state index >= 15 is 0 Å². The van der Waals surface area contributed by atoms with Crippen LogP contribution in [0.15, 0.2) is 42.5 Å². The van der Waals surface area contributed by atoms with Gasteiger partial charge in [0.2, 0.25) is 5.91 Å². The Morgan fingerprint density at radius 2 is 2.03 bits per heavy atom. The van der Waals surface area contributed by atoms with E-state index in [0.717, 1.165) is 30.7 Å². The fourth-order valence-electron chi connectivity index (χ4n) is 3.19. The molecule has 0 saturated carbocycles. The van der Waals surface area contributed by atoms with Gasteiger partial charge in [0.05, 0.1) is 18.9 Å². The van der Waals surface area contributed by atoms with Gasteiger partial charge in [-0.1, -0.05) is 18.2 Å². The summed E-state index contributed by atoms with van der Waals surface area (Å²) in [6, 6.07) is 12.8. The monoisotopic (exact) mass is 412 g/mol. The number of hydrogen-bond acceptors (Lipinski definition) is 6. The number of rotatable bonds is 4. The Bertz CT molecular complexity index is 874. The van der Waals surface area contributed by atoms with Gasteiger partial charge in [-0.3, -0.25) is 9.59 Å². The normalized spacial score (nSPS) is 14.7. The molecule has 2 N–H and O–H groups in total. The molecule has 0 unspecified atom stereocenters. The molecule has 0 saturated heterocycles. The molecule has 8 nitrogen and oxygen atoms in total. The summed E-state index contributed by atoms with van der Waals surface area (Å²) in [5.74, 6) is 0.765. The quantitative estimate of drug-likeness (QED) is 0.800. The highest BCUT2D eigenvalue weighted by atomic mass is 16.5. The Balaban J connectivity index is 1.85. The molecule has 1 aliphatic rings. The Morgan fingerprint density at radius 1 is 1.20 bits per heavy atom. The van der Waals surface area contributed by atoms with Crippen LogP contribution in [0.25, 0.3) is 0 Å². The highest BCUT2D eigenvalue weighted by molar-refractivity contribution is 5.95. The molecule has 8 heteroatoms. The van der Waals surface area contributed by atoms with Gasteiger partial charge in [-0.25, -0.2) is 4.98 Å². The number of carbonyl (C=O) groups excluding carboxylic acids is 2. The molecule has 2 aromatic rings. The van der Waals surface area contributed by atoms with Gasteiger partial charge in [0.1, 0.15) is 23.8 Å². The first-order valence-electron chi connectivity index (χ1n) is 10.2. The zero-order chi connectivity index (χ0) is 21.3. The van der Waals surface area contributed by atoms with Gasteiger partial charge < -0.3 is 25.0 Å². The molecule has 1 aromatic heterocycles. The second-order valence-electron chi connectivity index (χ2n) is 7.20. The largest absolute Gasteiger partial charge is 0.491 e. The second-order valence-corrected chi connectivity index (χ2v) is 7.20. The summed E-state index contributed by atoms with van der Waals surface area (Å²) in [6.45, 7) is 1.09. The molecule has 160 valence electrons. The fraction of sp³-hybridized carbons (Fsp3) is 0.409. The van der Waals surface area contributed by atoms with E-state index in [1.807, 2.05) is 24.3 Å². The average molecular weight is 412 g/mol. The van der Waals surface area contributed by atoms with Crippen molar-refractivity contribution in [1.82, 2.24) is 14.8 Å². The van der Waals surface area contributed by atoms with E-state index in [-0.39, 0.29) is 37.2 Å². The third kappa shape index (κ3) is 5.70. The van der Waals surface area contributed by atoms with Gasteiger partial charge >= 0.3 is 0 Å². The molecule has 0 atom stereocenters. The number of aromatic nitrogens is 1. The number of hydrogen-bond donors (Lipinski definition) is 2. The summed E-state index contributed by atoms with van der Waals surface area (Å²) in [6.07, 6.45) is 2.47. The van der Waals surface area contributed by atoms with E-state index in [1.165, 1.54) is 9.80 Å². The van der Waals surface area contributed by atoms with E-state index in [1.54, 1.807) is 25.2 Å². The molecule has 0 fully saturated rings. The lowest BCUT2D eigenvalue weighted by Crippen LogP contribution is -2.43. The van der Waals surface area contributed by atoms with Crippen LogP contribution in [0.4, 0.5) is 11.5 Å². The molecule has 1 aliphatic heterocycles. The molecule has 0 spiro atoms. The molecule has 2 bridgehead atoms. The number of ether oxygens (including phenoxy) is 1. The lowest BCUT2D eigenvalue weighted by Gasteiger charge is -2.25. The van der Waals surface area contributed by atoms with Crippen molar-refractivity contribution in [2.24, 2.45) is 0 Å². The molecule has 0 radical (unpaired) electrons. The van der Waals surface area contributed by atoms with Crippen molar-refractivity contribution in [1.29, 1.82) is 0 Å². The van der Waals surface area contributed by atoms with Gasteiger partial charge in [0, 0.05) is 20.1 Å². The minimum Gasteiger partial charge on any atom is -0.491 e. The molecule has 3 rings (SSSR count). The zero-order valence-corrected chi connectivity index (χ0v) is 17.2. The lowest BCUT2D eigenvalue weighted by molar-refractivity contribution is -0.131. The Morgan fingerprint density at radius 3 is 2.87 bits per heavy atom. The lowest BCUT2D eigenvalue weighted by atomic mass is 10.2. The van der Waals surface area contributed by atoms with Crippen molar-refractivity contribution in [3.8, 4) is 5.75 Å². The van der Waals surface area contributed by atoms with E-state index in [4.69, 9.17) is 9.84 Å². The minimum atomic E-state index is -0.286. The number of nitrogens with one attached hydrogen (secondary N) is 1.